The van der Waals surface area contributed by atoms with Crippen LogP contribution in [0.25, 0.3) is 5.69 Å². The predicted octanol–water partition coefficient (Wildman–Crippen LogP) is 2.52. The van der Waals surface area contributed by atoms with E-state index in [0.717, 1.165) is 24.2 Å². The molecule has 1 saturated carbocycles. The third-order valence-electron chi connectivity index (χ3n) is 3.71. The monoisotopic (exact) mass is 333 g/mol. The van der Waals surface area contributed by atoms with Gasteiger partial charge in [-0.15, -0.1) is 0 Å². The molecule has 1 N–H and O–H groups in total. The van der Waals surface area contributed by atoms with Gasteiger partial charge < -0.3 is 10.0 Å². The van der Waals surface area contributed by atoms with Crippen LogP contribution in [0.1, 0.15) is 29.0 Å². The Morgan fingerprint density at radius 2 is 2.13 bits per heavy atom. The largest absolute Gasteiger partial charge is 0.480 e. The maximum Gasteiger partial charge on any atom is 0.323 e. The number of benzene rings is 1. The van der Waals surface area contributed by atoms with E-state index in [1.807, 2.05) is 13.0 Å². The molecule has 3 rings (SSSR count). The standard InChI is InChI=1S/C16H16ClN3O3/c1-10-7-14(16(23)19(9-15(21)22)12-5-6-12)18-20(10)13-4-2-3-11(17)8-13/h2-4,7-8,12H,5-6,9H2,1H3,(H,21,22). The van der Waals surface area contributed by atoms with Gasteiger partial charge in [-0.3, -0.25) is 9.59 Å². The quantitative estimate of drug-likeness (QED) is 0.912. The van der Waals surface area contributed by atoms with Crippen LogP contribution in [0, 0.1) is 6.92 Å². The third-order valence-corrected chi connectivity index (χ3v) is 3.95. The number of nitrogens with zero attached hydrogens (tertiary/aromatic N) is 3. The molecule has 1 aliphatic rings. The smallest absolute Gasteiger partial charge is 0.323 e. The summed E-state index contributed by atoms with van der Waals surface area (Å²) < 4.78 is 1.63. The van der Waals surface area contributed by atoms with E-state index in [1.165, 1.54) is 4.90 Å². The third kappa shape index (κ3) is 3.37. The number of aryl methyl sites for hydroxylation is 1. The first-order valence-corrected chi connectivity index (χ1v) is 7.69. The van der Waals surface area contributed by atoms with Crippen LogP contribution in [0.3, 0.4) is 0 Å². The molecule has 0 unspecified atom stereocenters. The van der Waals surface area contributed by atoms with E-state index < -0.39 is 5.97 Å². The van der Waals surface area contributed by atoms with Gasteiger partial charge in [0.25, 0.3) is 5.91 Å². The molecule has 120 valence electrons. The molecule has 1 aromatic carbocycles. The molecule has 1 fully saturated rings. The van der Waals surface area contributed by atoms with Crippen LogP contribution < -0.4 is 0 Å². The van der Waals surface area contributed by atoms with Gasteiger partial charge in [-0.2, -0.15) is 5.10 Å². The van der Waals surface area contributed by atoms with Gasteiger partial charge in [-0.1, -0.05) is 17.7 Å². The van der Waals surface area contributed by atoms with Crippen molar-refractivity contribution in [1.82, 2.24) is 14.7 Å². The number of aliphatic carboxylic acids is 1. The molecule has 1 amide bonds. The number of hydrogen-bond acceptors (Lipinski definition) is 3. The number of hydrogen-bond donors (Lipinski definition) is 1. The normalized spacial score (nSPS) is 13.8. The summed E-state index contributed by atoms with van der Waals surface area (Å²) in [6.07, 6.45) is 1.68. The minimum Gasteiger partial charge on any atom is -0.480 e. The number of aromatic nitrogens is 2. The highest BCUT2D eigenvalue weighted by atomic mass is 35.5. The fourth-order valence-electron chi connectivity index (χ4n) is 2.49. The van der Waals surface area contributed by atoms with Gasteiger partial charge in [-0.25, -0.2) is 4.68 Å². The summed E-state index contributed by atoms with van der Waals surface area (Å²) in [4.78, 5) is 24.9. The van der Waals surface area contributed by atoms with E-state index in [0.29, 0.717) is 5.02 Å². The van der Waals surface area contributed by atoms with Gasteiger partial charge in [0.2, 0.25) is 0 Å². The molecule has 6 nitrogen and oxygen atoms in total. The number of carbonyl (C=O) groups excluding carboxylic acids is 1. The van der Waals surface area contributed by atoms with E-state index >= 15 is 0 Å². The van der Waals surface area contributed by atoms with Crippen molar-refractivity contribution in [2.24, 2.45) is 0 Å². The van der Waals surface area contributed by atoms with E-state index in [4.69, 9.17) is 16.7 Å². The molecule has 1 aliphatic carbocycles. The molecule has 0 atom stereocenters. The first-order chi connectivity index (χ1) is 11.0. The van der Waals surface area contributed by atoms with Gasteiger partial charge in [-0.05, 0) is 44.0 Å². The van der Waals surface area contributed by atoms with Crippen molar-refractivity contribution in [1.29, 1.82) is 0 Å². The van der Waals surface area contributed by atoms with Crippen LogP contribution in [-0.4, -0.2) is 44.3 Å². The van der Waals surface area contributed by atoms with Crippen molar-refractivity contribution in [3.63, 3.8) is 0 Å². The molecule has 1 heterocycles. The van der Waals surface area contributed by atoms with E-state index in [9.17, 15) is 9.59 Å². The number of halogens is 1. The van der Waals surface area contributed by atoms with Crippen LogP contribution in [0.15, 0.2) is 30.3 Å². The van der Waals surface area contributed by atoms with Crippen molar-refractivity contribution in [3.8, 4) is 5.69 Å². The second-order valence-corrected chi connectivity index (χ2v) is 6.06. The fourth-order valence-corrected chi connectivity index (χ4v) is 2.68. The van der Waals surface area contributed by atoms with E-state index in [2.05, 4.69) is 5.10 Å². The predicted molar refractivity (Wildman–Crippen MR) is 85.0 cm³/mol. The maximum absolute atomic E-state index is 12.6. The van der Waals surface area contributed by atoms with Crippen molar-refractivity contribution in [2.45, 2.75) is 25.8 Å². The average Bonchev–Trinajstić information content (AvgIpc) is 3.26. The molecule has 0 saturated heterocycles. The topological polar surface area (TPSA) is 75.4 Å². The van der Waals surface area contributed by atoms with Gasteiger partial charge in [0.1, 0.15) is 6.54 Å². The lowest BCUT2D eigenvalue weighted by Crippen LogP contribution is -2.37. The molecule has 0 spiro atoms. The Morgan fingerprint density at radius 3 is 2.74 bits per heavy atom. The molecule has 7 heteroatoms. The van der Waals surface area contributed by atoms with Crippen LogP contribution in [0.4, 0.5) is 0 Å². The summed E-state index contributed by atoms with van der Waals surface area (Å²) in [5.74, 6) is -1.37. The van der Waals surface area contributed by atoms with E-state index in [-0.39, 0.29) is 24.2 Å². The second-order valence-electron chi connectivity index (χ2n) is 5.62. The summed E-state index contributed by atoms with van der Waals surface area (Å²) in [6, 6.07) is 8.84. The molecule has 1 aromatic heterocycles. The summed E-state index contributed by atoms with van der Waals surface area (Å²) in [6.45, 7) is 1.54. The highest BCUT2D eigenvalue weighted by Crippen LogP contribution is 2.28. The zero-order valence-electron chi connectivity index (χ0n) is 12.6. The average molecular weight is 334 g/mol. The Morgan fingerprint density at radius 1 is 1.39 bits per heavy atom. The number of amides is 1. The first-order valence-electron chi connectivity index (χ1n) is 7.31. The van der Waals surface area contributed by atoms with Crippen molar-refractivity contribution in [3.05, 3.63) is 46.7 Å². The van der Waals surface area contributed by atoms with Crippen molar-refractivity contribution < 1.29 is 14.7 Å². The highest BCUT2D eigenvalue weighted by Gasteiger charge is 2.35. The Balaban J connectivity index is 1.90. The van der Waals surface area contributed by atoms with Gasteiger partial charge in [0.15, 0.2) is 5.69 Å². The second kappa shape index (κ2) is 6.04. The fraction of sp³-hybridized carbons (Fsp3) is 0.312. The number of carbonyl (C=O) groups is 2. The lowest BCUT2D eigenvalue weighted by atomic mass is 10.3. The molecule has 0 bridgehead atoms. The number of carboxylic acid groups (broad SMARTS) is 1. The minimum absolute atomic E-state index is 0.00947. The molecule has 0 aliphatic heterocycles. The Kier molecular flexibility index (Phi) is 4.09. The molecule has 0 radical (unpaired) electrons. The number of rotatable bonds is 5. The van der Waals surface area contributed by atoms with Crippen LogP contribution >= 0.6 is 11.6 Å². The van der Waals surface area contributed by atoms with Gasteiger partial charge in [0.05, 0.1) is 5.69 Å². The summed E-state index contributed by atoms with van der Waals surface area (Å²) in [5, 5.41) is 13.9. The number of carboxylic acids is 1. The molecule has 23 heavy (non-hydrogen) atoms. The Bertz CT molecular complexity index is 768. The van der Waals surface area contributed by atoms with Gasteiger partial charge in [0, 0.05) is 16.8 Å². The lowest BCUT2D eigenvalue weighted by molar-refractivity contribution is -0.137. The highest BCUT2D eigenvalue weighted by molar-refractivity contribution is 6.30. The molecule has 2 aromatic rings. The van der Waals surface area contributed by atoms with Crippen LogP contribution in [-0.2, 0) is 4.79 Å². The summed E-state index contributed by atoms with van der Waals surface area (Å²) in [7, 11) is 0. The Labute approximate surface area is 138 Å². The lowest BCUT2D eigenvalue weighted by Gasteiger charge is -2.18. The molecular weight excluding hydrogens is 318 g/mol. The molecular formula is C16H16ClN3O3. The Hall–Kier alpha value is -2.34. The minimum atomic E-state index is -1.02. The van der Waals surface area contributed by atoms with Crippen molar-refractivity contribution in [2.75, 3.05) is 6.54 Å². The van der Waals surface area contributed by atoms with Crippen LogP contribution in [0.5, 0.6) is 0 Å². The first kappa shape index (κ1) is 15.6. The van der Waals surface area contributed by atoms with Crippen LogP contribution in [0.2, 0.25) is 5.02 Å². The zero-order chi connectivity index (χ0) is 16.6. The summed E-state index contributed by atoms with van der Waals surface area (Å²) in [5.41, 5.74) is 1.78. The zero-order valence-corrected chi connectivity index (χ0v) is 13.3. The maximum atomic E-state index is 12.6. The van der Waals surface area contributed by atoms with E-state index in [1.54, 1.807) is 28.9 Å². The SMILES string of the molecule is Cc1cc(C(=O)N(CC(=O)O)C2CC2)nn1-c1cccc(Cl)c1. The van der Waals surface area contributed by atoms with Crippen molar-refractivity contribution >= 4 is 23.5 Å². The van der Waals surface area contributed by atoms with Gasteiger partial charge >= 0.3 is 5.97 Å². The summed E-state index contributed by atoms with van der Waals surface area (Å²) >= 11 is 5.99.